The number of nitrogens with zero attached hydrogens (tertiary/aromatic N) is 5. The summed E-state index contributed by atoms with van der Waals surface area (Å²) in [6, 6.07) is 5.30. The van der Waals surface area contributed by atoms with Gasteiger partial charge in [0.1, 0.15) is 0 Å². The third-order valence-electron chi connectivity index (χ3n) is 4.34. The first kappa shape index (κ1) is 20.7. The van der Waals surface area contributed by atoms with E-state index in [0.29, 0.717) is 55.5 Å². The van der Waals surface area contributed by atoms with Crippen LogP contribution in [-0.4, -0.2) is 69.5 Å². The van der Waals surface area contributed by atoms with Gasteiger partial charge in [-0.1, -0.05) is 0 Å². The first-order valence-electron chi connectivity index (χ1n) is 9.50. The second-order valence-electron chi connectivity index (χ2n) is 6.63. The predicted octanol–water partition coefficient (Wildman–Crippen LogP) is 1.81. The van der Waals surface area contributed by atoms with Crippen LogP contribution in [0.3, 0.4) is 0 Å². The predicted molar refractivity (Wildman–Crippen MR) is 115 cm³/mol. The van der Waals surface area contributed by atoms with E-state index in [1.54, 1.807) is 17.0 Å². The zero-order valence-electron chi connectivity index (χ0n) is 16.8. The fourth-order valence-corrected chi connectivity index (χ4v) is 3.25. The molecule has 0 atom stereocenters. The summed E-state index contributed by atoms with van der Waals surface area (Å²) in [5.74, 6) is 1.27. The number of amides is 1. The van der Waals surface area contributed by atoms with E-state index in [9.17, 15) is 4.79 Å². The highest BCUT2D eigenvalue weighted by molar-refractivity contribution is 7.80. The fourth-order valence-electron chi connectivity index (χ4n) is 3.02. The number of nitrogens with one attached hydrogen (secondary N) is 2. The maximum absolute atomic E-state index is 12.5. The molecule has 3 rings (SSSR count). The summed E-state index contributed by atoms with van der Waals surface area (Å²) in [6.07, 6.45) is 1.50. The van der Waals surface area contributed by atoms with Crippen molar-refractivity contribution in [3.63, 3.8) is 0 Å². The summed E-state index contributed by atoms with van der Waals surface area (Å²) in [4.78, 5) is 29.7. The summed E-state index contributed by atoms with van der Waals surface area (Å²) >= 11 is 5.30. The van der Waals surface area contributed by atoms with Crippen LogP contribution in [0.1, 0.15) is 28.9 Å². The van der Waals surface area contributed by atoms with Crippen molar-refractivity contribution in [1.29, 1.82) is 0 Å². The maximum Gasteiger partial charge on any atom is 0.289 e. The van der Waals surface area contributed by atoms with Crippen LogP contribution in [-0.2, 0) is 0 Å². The molecule has 3 heterocycles. The van der Waals surface area contributed by atoms with Crippen molar-refractivity contribution in [3.8, 4) is 0 Å². The van der Waals surface area contributed by atoms with Crippen LogP contribution in [0.15, 0.2) is 33.9 Å². The van der Waals surface area contributed by atoms with Crippen LogP contribution >= 0.6 is 12.2 Å². The van der Waals surface area contributed by atoms with Crippen molar-refractivity contribution in [3.05, 3.63) is 41.6 Å². The third-order valence-corrected chi connectivity index (χ3v) is 4.58. The number of hydrogen-bond donors (Lipinski definition) is 2. The van der Waals surface area contributed by atoms with Crippen molar-refractivity contribution in [2.45, 2.75) is 20.8 Å². The van der Waals surface area contributed by atoms with E-state index in [4.69, 9.17) is 16.6 Å². The number of carbonyl (C=O) groups is 1. The van der Waals surface area contributed by atoms with Gasteiger partial charge < -0.3 is 19.5 Å². The summed E-state index contributed by atoms with van der Waals surface area (Å²) in [5, 5.41) is 6.61. The molecule has 2 N–H and O–H groups in total. The SMILES string of the molecule is CCNC(=S)/N=C(/Nc1nc(C)cc(C)n1)N1CCN(C(=O)c2ccco2)CC1. The highest BCUT2D eigenvalue weighted by Gasteiger charge is 2.26. The lowest BCUT2D eigenvalue weighted by Gasteiger charge is -2.36. The number of carbonyl (C=O) groups excluding carboxylic acids is 1. The summed E-state index contributed by atoms with van der Waals surface area (Å²) in [5.41, 5.74) is 1.73. The molecule has 2 aromatic heterocycles. The molecule has 1 aliphatic rings. The van der Waals surface area contributed by atoms with Gasteiger partial charge in [-0.05, 0) is 51.2 Å². The lowest BCUT2D eigenvalue weighted by Crippen LogP contribution is -2.52. The smallest absolute Gasteiger partial charge is 0.289 e. The molecule has 0 aliphatic carbocycles. The van der Waals surface area contributed by atoms with Crippen LogP contribution in [0.2, 0.25) is 0 Å². The molecule has 0 aromatic carbocycles. The molecule has 1 aliphatic heterocycles. The highest BCUT2D eigenvalue weighted by Crippen LogP contribution is 2.11. The minimum Gasteiger partial charge on any atom is -0.459 e. The van der Waals surface area contributed by atoms with Gasteiger partial charge in [0, 0.05) is 44.1 Å². The Morgan fingerprint density at radius 2 is 1.86 bits per heavy atom. The van der Waals surface area contributed by atoms with Gasteiger partial charge in [0.2, 0.25) is 11.9 Å². The van der Waals surface area contributed by atoms with Crippen LogP contribution < -0.4 is 10.6 Å². The van der Waals surface area contributed by atoms with Gasteiger partial charge in [0.15, 0.2) is 10.9 Å². The number of hydrogen-bond acceptors (Lipinski definition) is 5. The van der Waals surface area contributed by atoms with E-state index in [2.05, 4.69) is 25.6 Å². The minimum absolute atomic E-state index is 0.109. The number of anilines is 1. The van der Waals surface area contributed by atoms with Crippen LogP contribution in [0, 0.1) is 13.8 Å². The normalized spacial score (nSPS) is 14.7. The Morgan fingerprint density at radius 1 is 1.21 bits per heavy atom. The second-order valence-corrected chi connectivity index (χ2v) is 7.01. The number of rotatable bonds is 3. The van der Waals surface area contributed by atoms with Gasteiger partial charge in [0.25, 0.3) is 5.91 Å². The molecule has 9 nitrogen and oxygen atoms in total. The zero-order valence-corrected chi connectivity index (χ0v) is 17.6. The van der Waals surface area contributed by atoms with Crippen molar-refractivity contribution in [2.75, 3.05) is 38.0 Å². The van der Waals surface area contributed by atoms with Gasteiger partial charge in [-0.15, -0.1) is 0 Å². The van der Waals surface area contributed by atoms with Gasteiger partial charge in [-0.2, -0.15) is 4.99 Å². The minimum atomic E-state index is -0.109. The van der Waals surface area contributed by atoms with E-state index in [1.165, 1.54) is 6.26 Å². The Labute approximate surface area is 175 Å². The van der Waals surface area contributed by atoms with Gasteiger partial charge >= 0.3 is 0 Å². The molecule has 0 spiro atoms. The van der Waals surface area contributed by atoms with Crippen molar-refractivity contribution in [1.82, 2.24) is 25.1 Å². The largest absolute Gasteiger partial charge is 0.459 e. The number of aromatic nitrogens is 2. The van der Waals surface area contributed by atoms with Gasteiger partial charge in [-0.25, -0.2) is 9.97 Å². The summed E-state index contributed by atoms with van der Waals surface area (Å²) in [6.45, 7) is 8.75. The van der Waals surface area contributed by atoms with Crippen molar-refractivity contribution in [2.24, 2.45) is 4.99 Å². The molecule has 10 heteroatoms. The molecule has 0 bridgehead atoms. The van der Waals surface area contributed by atoms with Gasteiger partial charge in [0.05, 0.1) is 6.26 Å². The van der Waals surface area contributed by atoms with Crippen molar-refractivity contribution >= 4 is 35.1 Å². The Balaban J connectivity index is 1.73. The molecule has 2 aromatic rings. The molecule has 0 radical (unpaired) electrons. The maximum atomic E-state index is 12.5. The van der Waals surface area contributed by atoms with E-state index in [1.807, 2.05) is 31.7 Å². The van der Waals surface area contributed by atoms with Crippen LogP contribution in [0.5, 0.6) is 0 Å². The first-order valence-corrected chi connectivity index (χ1v) is 9.90. The average molecular weight is 416 g/mol. The molecule has 0 saturated carbocycles. The zero-order chi connectivity index (χ0) is 20.8. The average Bonchev–Trinajstić information content (AvgIpc) is 3.21. The number of guanidine groups is 1. The number of furan rings is 1. The molecule has 154 valence electrons. The Hall–Kier alpha value is -3.01. The number of thiocarbonyl (C=S) groups is 1. The van der Waals surface area contributed by atoms with E-state index in [-0.39, 0.29) is 5.91 Å². The van der Waals surface area contributed by atoms with E-state index < -0.39 is 0 Å². The molecule has 0 unspecified atom stereocenters. The second kappa shape index (κ2) is 9.46. The molecular weight excluding hydrogens is 390 g/mol. The molecule has 1 amide bonds. The number of aliphatic imine (C=N–C) groups is 1. The van der Waals surface area contributed by atoms with E-state index >= 15 is 0 Å². The Bertz CT molecular complexity index is 870. The monoisotopic (exact) mass is 415 g/mol. The van der Waals surface area contributed by atoms with Crippen molar-refractivity contribution < 1.29 is 9.21 Å². The quantitative estimate of drug-likeness (QED) is 0.445. The van der Waals surface area contributed by atoms with Crippen LogP contribution in [0.25, 0.3) is 0 Å². The molecule has 1 fully saturated rings. The Morgan fingerprint density at radius 3 is 2.45 bits per heavy atom. The fraction of sp³-hybridized carbons (Fsp3) is 0.421. The van der Waals surface area contributed by atoms with Crippen LogP contribution in [0.4, 0.5) is 5.95 Å². The lowest BCUT2D eigenvalue weighted by atomic mass is 10.3. The lowest BCUT2D eigenvalue weighted by molar-refractivity contribution is 0.0660. The topological polar surface area (TPSA) is 98.9 Å². The van der Waals surface area contributed by atoms with E-state index in [0.717, 1.165) is 11.4 Å². The third kappa shape index (κ3) is 5.50. The molecule has 29 heavy (non-hydrogen) atoms. The number of aryl methyl sites for hydroxylation is 2. The number of piperazine rings is 1. The van der Waals surface area contributed by atoms with Gasteiger partial charge in [-0.3, -0.25) is 10.1 Å². The highest BCUT2D eigenvalue weighted by atomic mass is 32.1. The molecular formula is C19H25N7O2S. The summed E-state index contributed by atoms with van der Waals surface area (Å²) < 4.78 is 5.22. The standard InChI is InChI=1S/C19H25N7O2S/c1-4-20-19(29)24-18(23-17-21-13(2)12-14(3)22-17)26-9-7-25(8-10-26)16(27)15-6-5-11-28-15/h5-6,11-12H,4,7-10H2,1-3H3,(H2,20,21,22,23,24,29). The first-order chi connectivity index (χ1) is 14.0. The molecule has 1 saturated heterocycles. The summed E-state index contributed by atoms with van der Waals surface area (Å²) in [7, 11) is 0. The Kier molecular flexibility index (Phi) is 6.76.